The molecule has 0 unspecified atom stereocenters. The highest BCUT2D eigenvalue weighted by atomic mass is 35.5. The van der Waals surface area contributed by atoms with Crippen LogP contribution in [0.1, 0.15) is 15.9 Å². The third-order valence-corrected chi connectivity index (χ3v) is 3.04. The molecule has 0 spiro atoms. The van der Waals surface area contributed by atoms with Gasteiger partial charge in [-0.3, -0.25) is 4.79 Å². The number of aryl methyl sites for hydroxylation is 1. The summed E-state index contributed by atoms with van der Waals surface area (Å²) in [5, 5.41) is 10.4. The largest absolute Gasteiger partial charge is 0.507 e. The van der Waals surface area contributed by atoms with Gasteiger partial charge in [0.2, 0.25) is 0 Å². The zero-order chi connectivity index (χ0) is 12.4. The van der Waals surface area contributed by atoms with Crippen molar-refractivity contribution in [3.05, 3.63) is 52.5 Å². The first-order valence-corrected chi connectivity index (χ1v) is 5.54. The summed E-state index contributed by atoms with van der Waals surface area (Å²) in [7, 11) is 0. The number of halogens is 1. The highest BCUT2D eigenvalue weighted by Gasteiger charge is 2.07. The third kappa shape index (κ3) is 2.32. The Bertz CT molecular complexity index is 559. The van der Waals surface area contributed by atoms with Crippen molar-refractivity contribution in [3.63, 3.8) is 0 Å². The van der Waals surface area contributed by atoms with Crippen LogP contribution in [-0.2, 0) is 0 Å². The second kappa shape index (κ2) is 4.60. The second-order valence-corrected chi connectivity index (χ2v) is 4.27. The van der Waals surface area contributed by atoms with Gasteiger partial charge in [-0.15, -0.1) is 0 Å². The molecule has 0 bridgehead atoms. The van der Waals surface area contributed by atoms with E-state index in [4.69, 9.17) is 11.6 Å². The molecule has 2 aromatic carbocycles. The highest BCUT2D eigenvalue weighted by Crippen LogP contribution is 2.33. The van der Waals surface area contributed by atoms with E-state index in [0.29, 0.717) is 16.1 Å². The van der Waals surface area contributed by atoms with Gasteiger partial charge in [-0.1, -0.05) is 35.9 Å². The van der Waals surface area contributed by atoms with Gasteiger partial charge >= 0.3 is 0 Å². The van der Waals surface area contributed by atoms with Crippen molar-refractivity contribution in [2.45, 2.75) is 6.92 Å². The minimum absolute atomic E-state index is 0.138. The molecule has 1 N–H and O–H groups in total. The lowest BCUT2D eigenvalue weighted by Crippen LogP contribution is -1.84. The standard InChI is InChI=1S/C14H11ClO2/c1-9-6-12(14(17)7-13(9)15)11-4-2-10(8-16)3-5-11/h2-8,17H,1H3. The molecule has 0 saturated carbocycles. The molecule has 2 rings (SSSR count). The quantitative estimate of drug-likeness (QED) is 0.818. The number of hydrogen-bond donors (Lipinski definition) is 1. The first-order valence-electron chi connectivity index (χ1n) is 5.16. The fourth-order valence-electron chi connectivity index (χ4n) is 1.64. The lowest BCUT2D eigenvalue weighted by Gasteiger charge is -2.07. The van der Waals surface area contributed by atoms with E-state index < -0.39 is 0 Å². The molecule has 0 aliphatic rings. The van der Waals surface area contributed by atoms with E-state index in [9.17, 15) is 9.90 Å². The van der Waals surface area contributed by atoms with Crippen molar-refractivity contribution < 1.29 is 9.90 Å². The van der Waals surface area contributed by atoms with Gasteiger partial charge < -0.3 is 5.11 Å². The van der Waals surface area contributed by atoms with Crippen LogP contribution in [-0.4, -0.2) is 11.4 Å². The number of aldehydes is 1. The van der Waals surface area contributed by atoms with Crippen LogP contribution in [0.4, 0.5) is 0 Å². The molecule has 0 aromatic heterocycles. The maximum absolute atomic E-state index is 10.6. The van der Waals surface area contributed by atoms with Crippen LogP contribution in [0, 0.1) is 6.92 Å². The lowest BCUT2D eigenvalue weighted by molar-refractivity contribution is 0.112. The van der Waals surface area contributed by atoms with E-state index in [1.54, 1.807) is 24.3 Å². The summed E-state index contributed by atoms with van der Waals surface area (Å²) in [5.41, 5.74) is 3.08. The Morgan fingerprint density at radius 3 is 2.41 bits per heavy atom. The van der Waals surface area contributed by atoms with Crippen molar-refractivity contribution in [2.75, 3.05) is 0 Å². The summed E-state index contributed by atoms with van der Waals surface area (Å²) in [6, 6.07) is 10.4. The average molecular weight is 247 g/mol. The first kappa shape index (κ1) is 11.7. The molecule has 2 aromatic rings. The van der Waals surface area contributed by atoms with E-state index in [0.717, 1.165) is 17.4 Å². The molecular weight excluding hydrogens is 236 g/mol. The lowest BCUT2D eigenvalue weighted by atomic mass is 10.0. The zero-order valence-corrected chi connectivity index (χ0v) is 10.0. The molecule has 0 amide bonds. The summed E-state index contributed by atoms with van der Waals surface area (Å²) in [4.78, 5) is 10.6. The van der Waals surface area contributed by atoms with Gasteiger partial charge in [-0.2, -0.15) is 0 Å². The van der Waals surface area contributed by atoms with Gasteiger partial charge in [0.05, 0.1) is 0 Å². The molecule has 0 aliphatic heterocycles. The molecule has 2 nitrogen and oxygen atoms in total. The molecule has 0 heterocycles. The van der Waals surface area contributed by atoms with Gasteiger partial charge in [0, 0.05) is 16.1 Å². The van der Waals surface area contributed by atoms with Crippen LogP contribution in [0.2, 0.25) is 5.02 Å². The fourth-order valence-corrected chi connectivity index (χ4v) is 1.80. The average Bonchev–Trinajstić information content (AvgIpc) is 2.34. The molecule has 17 heavy (non-hydrogen) atoms. The topological polar surface area (TPSA) is 37.3 Å². The summed E-state index contributed by atoms with van der Waals surface area (Å²) in [5.74, 6) is 0.138. The highest BCUT2D eigenvalue weighted by molar-refractivity contribution is 6.31. The van der Waals surface area contributed by atoms with Crippen molar-refractivity contribution in [1.82, 2.24) is 0 Å². The Hall–Kier alpha value is -1.80. The maximum atomic E-state index is 10.6. The molecule has 0 saturated heterocycles. The van der Waals surface area contributed by atoms with E-state index in [1.807, 2.05) is 13.0 Å². The number of carbonyl (C=O) groups is 1. The number of phenolic OH excluding ortho intramolecular Hbond substituents is 1. The SMILES string of the molecule is Cc1cc(-c2ccc(C=O)cc2)c(O)cc1Cl. The van der Waals surface area contributed by atoms with Crippen LogP contribution >= 0.6 is 11.6 Å². The van der Waals surface area contributed by atoms with Crippen molar-refractivity contribution in [1.29, 1.82) is 0 Å². The number of carbonyl (C=O) groups excluding carboxylic acids is 1. The van der Waals surface area contributed by atoms with Crippen LogP contribution < -0.4 is 0 Å². The summed E-state index contributed by atoms with van der Waals surface area (Å²) < 4.78 is 0. The third-order valence-electron chi connectivity index (χ3n) is 2.63. The second-order valence-electron chi connectivity index (χ2n) is 3.86. The molecule has 0 fully saturated rings. The van der Waals surface area contributed by atoms with Gasteiger partial charge in [-0.25, -0.2) is 0 Å². The number of rotatable bonds is 2. The van der Waals surface area contributed by atoms with Crippen LogP contribution in [0.15, 0.2) is 36.4 Å². The Morgan fingerprint density at radius 2 is 1.82 bits per heavy atom. The van der Waals surface area contributed by atoms with Gasteiger partial charge in [-0.05, 0) is 30.2 Å². The Balaban J connectivity index is 2.52. The Morgan fingerprint density at radius 1 is 1.18 bits per heavy atom. The molecular formula is C14H11ClO2. The van der Waals surface area contributed by atoms with E-state index in [2.05, 4.69) is 0 Å². The zero-order valence-electron chi connectivity index (χ0n) is 9.27. The van der Waals surface area contributed by atoms with E-state index in [1.165, 1.54) is 6.07 Å². The minimum Gasteiger partial charge on any atom is -0.507 e. The molecule has 0 radical (unpaired) electrons. The van der Waals surface area contributed by atoms with Gasteiger partial charge in [0.15, 0.2) is 0 Å². The molecule has 0 aliphatic carbocycles. The summed E-state index contributed by atoms with van der Waals surface area (Å²) >= 11 is 5.91. The van der Waals surface area contributed by atoms with E-state index >= 15 is 0 Å². The van der Waals surface area contributed by atoms with Crippen LogP contribution in [0.25, 0.3) is 11.1 Å². The predicted octanol–water partition coefficient (Wildman–Crippen LogP) is 3.83. The van der Waals surface area contributed by atoms with Crippen molar-refractivity contribution in [2.24, 2.45) is 0 Å². The molecule has 3 heteroatoms. The number of hydrogen-bond acceptors (Lipinski definition) is 2. The van der Waals surface area contributed by atoms with Crippen LogP contribution in [0.5, 0.6) is 5.75 Å². The minimum atomic E-state index is 0.138. The molecule has 0 atom stereocenters. The monoisotopic (exact) mass is 246 g/mol. The molecule has 86 valence electrons. The smallest absolute Gasteiger partial charge is 0.150 e. The van der Waals surface area contributed by atoms with Gasteiger partial charge in [0.25, 0.3) is 0 Å². The fraction of sp³-hybridized carbons (Fsp3) is 0.0714. The Labute approximate surface area is 104 Å². The number of phenols is 1. The Kier molecular flexibility index (Phi) is 3.16. The van der Waals surface area contributed by atoms with Crippen molar-refractivity contribution in [3.8, 4) is 16.9 Å². The van der Waals surface area contributed by atoms with Crippen molar-refractivity contribution >= 4 is 17.9 Å². The number of aromatic hydroxyl groups is 1. The van der Waals surface area contributed by atoms with Gasteiger partial charge in [0.1, 0.15) is 12.0 Å². The summed E-state index contributed by atoms with van der Waals surface area (Å²) in [6.45, 7) is 1.88. The maximum Gasteiger partial charge on any atom is 0.150 e. The van der Waals surface area contributed by atoms with Crippen LogP contribution in [0.3, 0.4) is 0 Å². The van der Waals surface area contributed by atoms with E-state index in [-0.39, 0.29) is 5.75 Å². The first-order chi connectivity index (χ1) is 8.11. The number of benzene rings is 2. The summed E-state index contributed by atoms with van der Waals surface area (Å²) in [6.07, 6.45) is 0.788. The predicted molar refractivity (Wildman–Crippen MR) is 68.7 cm³/mol. The normalized spacial score (nSPS) is 10.2.